The molecule has 3 N–H and O–H groups in total. The molecule has 1 aromatic heterocycles. The van der Waals surface area contributed by atoms with Crippen LogP contribution >= 0.6 is 0 Å². The first kappa shape index (κ1) is 11.9. The lowest BCUT2D eigenvalue weighted by Crippen LogP contribution is -2.28. The van der Waals surface area contributed by atoms with Gasteiger partial charge >= 0.3 is 0 Å². The first-order valence-electron chi connectivity index (χ1n) is 6.14. The Bertz CT molecular complexity index is 388. The van der Waals surface area contributed by atoms with Crippen LogP contribution in [-0.4, -0.2) is 16.9 Å². The van der Waals surface area contributed by atoms with Gasteiger partial charge in [0.1, 0.15) is 11.9 Å². The summed E-state index contributed by atoms with van der Waals surface area (Å²) < 4.78 is 5.88. The molecule has 17 heavy (non-hydrogen) atoms. The Morgan fingerprint density at radius 3 is 2.76 bits per heavy atom. The van der Waals surface area contributed by atoms with Crippen molar-refractivity contribution in [1.82, 2.24) is 4.98 Å². The number of hydrogen-bond donors (Lipinski definition) is 2. The average Bonchev–Trinajstić information content (AvgIpc) is 2.33. The lowest BCUT2D eigenvalue weighted by molar-refractivity contribution is 0.0976. The Morgan fingerprint density at radius 1 is 1.41 bits per heavy atom. The summed E-state index contributed by atoms with van der Waals surface area (Å²) in [5, 5.41) is 7.29. The van der Waals surface area contributed by atoms with Gasteiger partial charge in [0.25, 0.3) is 0 Å². The van der Waals surface area contributed by atoms with E-state index in [-0.39, 0.29) is 11.9 Å². The van der Waals surface area contributed by atoms with Crippen molar-refractivity contribution >= 4 is 5.84 Å². The fraction of sp³-hybridized carbons (Fsp3) is 0.538. The summed E-state index contributed by atoms with van der Waals surface area (Å²) in [4.78, 5) is 4.19. The summed E-state index contributed by atoms with van der Waals surface area (Å²) in [6.45, 7) is 2.23. The fourth-order valence-electron chi connectivity index (χ4n) is 2.22. The van der Waals surface area contributed by atoms with Crippen LogP contribution in [-0.2, 0) is 0 Å². The van der Waals surface area contributed by atoms with Gasteiger partial charge in [0.2, 0.25) is 5.88 Å². The maximum absolute atomic E-state index is 7.29. The Balaban J connectivity index is 2.00. The minimum Gasteiger partial charge on any atom is -0.474 e. The van der Waals surface area contributed by atoms with Crippen LogP contribution in [0.1, 0.15) is 38.2 Å². The number of nitrogens with one attached hydrogen (secondary N) is 1. The van der Waals surface area contributed by atoms with Crippen LogP contribution in [0, 0.1) is 11.3 Å². The highest BCUT2D eigenvalue weighted by atomic mass is 16.5. The van der Waals surface area contributed by atoms with E-state index in [1.807, 2.05) is 0 Å². The summed E-state index contributed by atoms with van der Waals surface area (Å²) in [7, 11) is 0. The summed E-state index contributed by atoms with van der Waals surface area (Å²) in [5.74, 6) is 1.27. The molecule has 0 radical (unpaired) electrons. The predicted octanol–water partition coefficient (Wildman–Crippen LogP) is 2.32. The second-order valence-corrected chi connectivity index (χ2v) is 4.72. The number of amidine groups is 1. The van der Waals surface area contributed by atoms with Crippen molar-refractivity contribution in [2.24, 2.45) is 11.7 Å². The molecular weight excluding hydrogens is 214 g/mol. The molecule has 0 spiro atoms. The molecule has 1 saturated carbocycles. The van der Waals surface area contributed by atoms with Crippen LogP contribution in [0.3, 0.4) is 0 Å². The van der Waals surface area contributed by atoms with Gasteiger partial charge in [-0.1, -0.05) is 13.3 Å². The van der Waals surface area contributed by atoms with Crippen molar-refractivity contribution in [3.8, 4) is 5.88 Å². The van der Waals surface area contributed by atoms with Gasteiger partial charge in [-0.15, -0.1) is 0 Å². The average molecular weight is 233 g/mol. The lowest BCUT2D eigenvalue weighted by Gasteiger charge is -2.28. The highest BCUT2D eigenvalue weighted by Gasteiger charge is 2.23. The van der Waals surface area contributed by atoms with Crippen molar-refractivity contribution in [2.75, 3.05) is 0 Å². The van der Waals surface area contributed by atoms with Crippen LogP contribution in [0.15, 0.2) is 18.3 Å². The van der Waals surface area contributed by atoms with Crippen molar-refractivity contribution in [2.45, 2.75) is 38.7 Å². The van der Waals surface area contributed by atoms with Crippen LogP contribution in [0.4, 0.5) is 0 Å². The number of nitrogens with two attached hydrogens (primary N) is 1. The van der Waals surface area contributed by atoms with E-state index in [0.29, 0.717) is 17.4 Å². The van der Waals surface area contributed by atoms with Crippen molar-refractivity contribution in [1.29, 1.82) is 5.41 Å². The number of rotatable bonds is 3. The minimum absolute atomic E-state index is 0.0371. The second-order valence-electron chi connectivity index (χ2n) is 4.72. The highest BCUT2D eigenvalue weighted by Crippen LogP contribution is 2.27. The molecule has 1 aliphatic carbocycles. The van der Waals surface area contributed by atoms with Crippen molar-refractivity contribution in [3.63, 3.8) is 0 Å². The molecule has 1 aliphatic rings. The van der Waals surface area contributed by atoms with E-state index in [0.717, 1.165) is 6.42 Å². The topological polar surface area (TPSA) is 72.0 Å². The third-order valence-electron chi connectivity index (χ3n) is 3.35. The van der Waals surface area contributed by atoms with Gasteiger partial charge in [-0.25, -0.2) is 4.98 Å². The van der Waals surface area contributed by atoms with Gasteiger partial charge in [-0.2, -0.15) is 0 Å². The number of nitrogen functional groups attached to an aromatic ring is 1. The second kappa shape index (κ2) is 5.17. The zero-order valence-corrected chi connectivity index (χ0v) is 10.1. The first-order valence-corrected chi connectivity index (χ1v) is 6.14. The molecule has 2 atom stereocenters. The molecule has 1 fully saturated rings. The molecule has 0 bridgehead atoms. The first-order chi connectivity index (χ1) is 8.16. The smallest absolute Gasteiger partial charge is 0.213 e. The fourth-order valence-corrected chi connectivity index (χ4v) is 2.22. The molecule has 1 heterocycles. The molecule has 1 aromatic rings. The molecule has 0 aromatic carbocycles. The van der Waals surface area contributed by atoms with Gasteiger partial charge in [-0.3, -0.25) is 5.41 Å². The van der Waals surface area contributed by atoms with E-state index in [1.165, 1.54) is 19.3 Å². The van der Waals surface area contributed by atoms with Gasteiger partial charge < -0.3 is 10.5 Å². The largest absolute Gasteiger partial charge is 0.474 e. The molecule has 0 aliphatic heterocycles. The maximum Gasteiger partial charge on any atom is 0.213 e. The van der Waals surface area contributed by atoms with Crippen molar-refractivity contribution in [3.05, 3.63) is 23.9 Å². The van der Waals surface area contributed by atoms with Crippen LogP contribution < -0.4 is 10.5 Å². The van der Waals surface area contributed by atoms with E-state index in [4.69, 9.17) is 15.9 Å². The molecule has 0 saturated heterocycles. The van der Waals surface area contributed by atoms with Gasteiger partial charge in [0.15, 0.2) is 0 Å². The number of ether oxygens (including phenoxy) is 1. The van der Waals surface area contributed by atoms with E-state index < -0.39 is 0 Å². The summed E-state index contributed by atoms with van der Waals surface area (Å²) in [6.07, 6.45) is 6.75. The number of hydrogen-bond acceptors (Lipinski definition) is 3. The molecule has 0 amide bonds. The molecule has 2 unspecified atom stereocenters. The number of pyridine rings is 1. The normalized spacial score (nSPS) is 24.3. The molecular formula is C13H19N3O. The van der Waals surface area contributed by atoms with Crippen LogP contribution in [0.2, 0.25) is 0 Å². The van der Waals surface area contributed by atoms with Crippen LogP contribution in [0.25, 0.3) is 0 Å². The van der Waals surface area contributed by atoms with Crippen molar-refractivity contribution < 1.29 is 4.74 Å². The summed E-state index contributed by atoms with van der Waals surface area (Å²) in [5.41, 5.74) is 6.01. The van der Waals surface area contributed by atoms with E-state index in [9.17, 15) is 0 Å². The zero-order valence-electron chi connectivity index (χ0n) is 10.1. The Morgan fingerprint density at radius 2 is 2.18 bits per heavy atom. The van der Waals surface area contributed by atoms with Gasteiger partial charge in [0, 0.05) is 17.8 Å². The number of nitrogens with zero attached hydrogens (tertiary/aromatic N) is 1. The predicted molar refractivity (Wildman–Crippen MR) is 67.3 cm³/mol. The van der Waals surface area contributed by atoms with Gasteiger partial charge in [0.05, 0.1) is 0 Å². The Labute approximate surface area is 102 Å². The van der Waals surface area contributed by atoms with Crippen LogP contribution in [0.5, 0.6) is 5.88 Å². The number of aromatic nitrogens is 1. The Kier molecular flexibility index (Phi) is 3.61. The monoisotopic (exact) mass is 233 g/mol. The maximum atomic E-state index is 7.29. The zero-order chi connectivity index (χ0) is 12.3. The third-order valence-corrected chi connectivity index (χ3v) is 3.35. The lowest BCUT2D eigenvalue weighted by atomic mass is 9.88. The SMILES string of the molecule is CC1CCCCC1Oc1ccc(C(=N)N)cn1. The third kappa shape index (κ3) is 2.96. The minimum atomic E-state index is 0.0371. The van der Waals surface area contributed by atoms with Gasteiger partial charge in [-0.05, 0) is 31.2 Å². The molecule has 4 heteroatoms. The standard InChI is InChI=1S/C13H19N3O/c1-9-4-2-3-5-11(9)17-12-7-6-10(8-16-12)13(14)15/h6-9,11H,2-5H2,1H3,(H3,14,15). The molecule has 2 rings (SSSR count). The summed E-state index contributed by atoms with van der Waals surface area (Å²) in [6, 6.07) is 3.57. The van der Waals surface area contributed by atoms with E-state index in [1.54, 1.807) is 18.3 Å². The quantitative estimate of drug-likeness (QED) is 0.621. The Hall–Kier alpha value is -1.58. The highest BCUT2D eigenvalue weighted by molar-refractivity contribution is 5.94. The molecule has 92 valence electrons. The van der Waals surface area contributed by atoms with E-state index >= 15 is 0 Å². The molecule has 4 nitrogen and oxygen atoms in total. The van der Waals surface area contributed by atoms with E-state index in [2.05, 4.69) is 11.9 Å². The summed E-state index contributed by atoms with van der Waals surface area (Å²) >= 11 is 0.